The van der Waals surface area contributed by atoms with Gasteiger partial charge < -0.3 is 10.1 Å². The van der Waals surface area contributed by atoms with Gasteiger partial charge in [-0.3, -0.25) is 4.79 Å². The van der Waals surface area contributed by atoms with Crippen LogP contribution in [0.1, 0.15) is 11.4 Å². The largest absolute Gasteiger partial charge is 0.505 e. The maximum absolute atomic E-state index is 11.7. The zero-order valence-electron chi connectivity index (χ0n) is 8.53. The molecule has 0 spiro atoms. The molecule has 1 aromatic heterocycles. The molecule has 2 rings (SSSR count). The Balaban J connectivity index is 2.81. The van der Waals surface area contributed by atoms with Gasteiger partial charge in [0.2, 0.25) is 0 Å². The van der Waals surface area contributed by atoms with Gasteiger partial charge in [-0.15, -0.1) is 0 Å². The fraction of sp³-hybridized carbons (Fsp3) is 0. The molecule has 16 heavy (non-hydrogen) atoms. The van der Waals surface area contributed by atoms with E-state index in [1.807, 2.05) is 0 Å². The Hall–Kier alpha value is -2.36. The van der Waals surface area contributed by atoms with Gasteiger partial charge in [0.1, 0.15) is 0 Å². The van der Waals surface area contributed by atoms with E-state index in [0.29, 0.717) is 10.9 Å². The van der Waals surface area contributed by atoms with Crippen LogP contribution in [0.15, 0.2) is 36.2 Å². The maximum Gasteiger partial charge on any atom is 0.259 e. The first-order valence-corrected chi connectivity index (χ1v) is 4.66. The predicted molar refractivity (Wildman–Crippen MR) is 64.1 cm³/mol. The molecule has 0 radical (unpaired) electrons. The third-order valence-corrected chi connectivity index (χ3v) is 2.24. The van der Waals surface area contributed by atoms with Crippen LogP contribution in [0.3, 0.4) is 0 Å². The highest BCUT2D eigenvalue weighted by Crippen LogP contribution is 2.12. The second-order valence-electron chi connectivity index (χ2n) is 3.34. The highest BCUT2D eigenvalue weighted by molar-refractivity contribution is 5.81. The van der Waals surface area contributed by atoms with Gasteiger partial charge in [-0.05, 0) is 17.7 Å². The van der Waals surface area contributed by atoms with E-state index in [4.69, 9.17) is 5.11 Å². The third kappa shape index (κ3) is 1.61. The zero-order valence-corrected chi connectivity index (χ0v) is 8.53. The molecule has 0 aliphatic rings. The first-order chi connectivity index (χ1) is 7.61. The van der Waals surface area contributed by atoms with Crippen LogP contribution in [0.2, 0.25) is 0 Å². The van der Waals surface area contributed by atoms with Crippen molar-refractivity contribution in [1.29, 1.82) is 0 Å². The number of hydrogen-bond acceptors (Lipinski definition) is 3. The smallest absolute Gasteiger partial charge is 0.259 e. The number of hydrogen-bond donors (Lipinski definition) is 2. The number of nitrogens with one attached hydrogen (secondary N) is 1. The van der Waals surface area contributed by atoms with Crippen LogP contribution >= 0.6 is 0 Å². The van der Waals surface area contributed by atoms with Gasteiger partial charge in [0.05, 0.1) is 10.9 Å². The minimum absolute atomic E-state index is 0.0869. The summed E-state index contributed by atoms with van der Waals surface area (Å²) in [5, 5.41) is 9.63. The Morgan fingerprint density at radius 1 is 1.50 bits per heavy atom. The second-order valence-corrected chi connectivity index (χ2v) is 3.34. The summed E-state index contributed by atoms with van der Waals surface area (Å²) in [6.07, 6.45) is 1.65. The van der Waals surface area contributed by atoms with E-state index < -0.39 is 0 Å². The minimum atomic E-state index is -0.307. The van der Waals surface area contributed by atoms with Crippen molar-refractivity contribution in [2.45, 2.75) is 0 Å². The van der Waals surface area contributed by atoms with Crippen LogP contribution < -0.4 is 5.56 Å². The lowest BCUT2D eigenvalue weighted by Crippen LogP contribution is -2.11. The Morgan fingerprint density at radius 3 is 2.88 bits per heavy atom. The van der Waals surface area contributed by atoms with E-state index in [-0.39, 0.29) is 17.1 Å². The van der Waals surface area contributed by atoms with Crippen molar-refractivity contribution in [3.05, 3.63) is 53.1 Å². The highest BCUT2D eigenvalue weighted by Gasteiger charge is 2.05. The standard InChI is InChI=1S/C12H10N2O2/c1-3-8-4-5-10-9(6-8)12(16)14-11(13-10)7(2)15/h3-6,15H,1-2H2,(H,13,14,16). The van der Waals surface area contributed by atoms with Gasteiger partial charge in [-0.25, -0.2) is 4.98 Å². The van der Waals surface area contributed by atoms with E-state index in [9.17, 15) is 4.79 Å². The monoisotopic (exact) mass is 214 g/mol. The number of aromatic nitrogens is 2. The number of aliphatic hydroxyl groups excluding tert-OH is 1. The number of fused-ring (bicyclic) bond motifs is 1. The molecule has 0 atom stereocenters. The summed E-state index contributed by atoms with van der Waals surface area (Å²) < 4.78 is 0. The van der Waals surface area contributed by atoms with E-state index in [1.165, 1.54) is 0 Å². The summed E-state index contributed by atoms with van der Waals surface area (Å²) in [6.45, 7) is 6.94. The molecule has 0 aliphatic heterocycles. The molecule has 0 amide bonds. The minimum Gasteiger partial charge on any atom is -0.505 e. The third-order valence-electron chi connectivity index (χ3n) is 2.24. The van der Waals surface area contributed by atoms with Crippen LogP contribution in [0.4, 0.5) is 0 Å². The Bertz CT molecular complexity index is 641. The van der Waals surface area contributed by atoms with Gasteiger partial charge in [0.15, 0.2) is 11.6 Å². The molecule has 4 heteroatoms. The molecule has 0 aliphatic carbocycles. The zero-order chi connectivity index (χ0) is 11.7. The van der Waals surface area contributed by atoms with Gasteiger partial charge in [0, 0.05) is 0 Å². The van der Waals surface area contributed by atoms with Crippen molar-refractivity contribution >= 4 is 22.7 Å². The van der Waals surface area contributed by atoms with Crippen LogP contribution in [0.5, 0.6) is 0 Å². The maximum atomic E-state index is 11.7. The molecule has 2 N–H and O–H groups in total. The van der Waals surface area contributed by atoms with Crippen molar-refractivity contribution in [2.75, 3.05) is 0 Å². The van der Waals surface area contributed by atoms with Gasteiger partial charge in [-0.1, -0.05) is 25.3 Å². The van der Waals surface area contributed by atoms with Crippen LogP contribution in [0, 0.1) is 0 Å². The fourth-order valence-corrected chi connectivity index (χ4v) is 1.42. The lowest BCUT2D eigenvalue weighted by molar-refractivity contribution is 0.507. The van der Waals surface area contributed by atoms with Crippen molar-refractivity contribution in [3.8, 4) is 0 Å². The SMILES string of the molecule is C=Cc1ccc2nc(C(=C)O)[nH]c(=O)c2c1. The average molecular weight is 214 g/mol. The van der Waals surface area contributed by atoms with Crippen molar-refractivity contribution in [2.24, 2.45) is 0 Å². The second kappa shape index (κ2) is 3.66. The molecular formula is C12H10N2O2. The van der Waals surface area contributed by atoms with Crippen LogP contribution in [-0.4, -0.2) is 15.1 Å². The highest BCUT2D eigenvalue weighted by atomic mass is 16.3. The molecular weight excluding hydrogens is 204 g/mol. The van der Waals surface area contributed by atoms with Crippen molar-refractivity contribution in [3.63, 3.8) is 0 Å². The summed E-state index contributed by atoms with van der Waals surface area (Å²) in [6, 6.07) is 5.19. The molecule has 2 aromatic rings. The number of H-pyrrole nitrogens is 1. The van der Waals surface area contributed by atoms with Crippen molar-refractivity contribution in [1.82, 2.24) is 9.97 Å². The van der Waals surface area contributed by atoms with Gasteiger partial charge >= 0.3 is 0 Å². The molecule has 0 bridgehead atoms. The number of aromatic amines is 1. The molecule has 0 fully saturated rings. The normalized spacial score (nSPS) is 10.2. The van der Waals surface area contributed by atoms with Crippen molar-refractivity contribution < 1.29 is 5.11 Å². The van der Waals surface area contributed by atoms with Crippen LogP contribution in [-0.2, 0) is 0 Å². The fourth-order valence-electron chi connectivity index (χ4n) is 1.42. The molecule has 1 heterocycles. The molecule has 0 saturated carbocycles. The van der Waals surface area contributed by atoms with E-state index in [2.05, 4.69) is 23.1 Å². The number of rotatable bonds is 2. The topological polar surface area (TPSA) is 66.0 Å². The summed E-state index contributed by atoms with van der Waals surface area (Å²) in [7, 11) is 0. The molecule has 0 saturated heterocycles. The summed E-state index contributed by atoms with van der Waals surface area (Å²) in [5.74, 6) is -0.171. The Kier molecular flexibility index (Phi) is 2.32. The molecule has 4 nitrogen and oxygen atoms in total. The molecule has 80 valence electrons. The Labute approximate surface area is 91.6 Å². The van der Waals surface area contributed by atoms with E-state index in [0.717, 1.165) is 5.56 Å². The summed E-state index contributed by atoms with van der Waals surface area (Å²) >= 11 is 0. The number of benzene rings is 1. The first-order valence-electron chi connectivity index (χ1n) is 4.66. The quantitative estimate of drug-likeness (QED) is 0.752. The lowest BCUT2D eigenvalue weighted by atomic mass is 10.1. The number of nitrogens with zero attached hydrogens (tertiary/aromatic N) is 1. The van der Waals surface area contributed by atoms with E-state index in [1.54, 1.807) is 24.3 Å². The average Bonchev–Trinajstić information content (AvgIpc) is 2.28. The van der Waals surface area contributed by atoms with Crippen LogP contribution in [0.25, 0.3) is 22.7 Å². The number of aliphatic hydroxyl groups is 1. The molecule has 1 aromatic carbocycles. The summed E-state index contributed by atoms with van der Waals surface area (Å²) in [5.41, 5.74) is 1.05. The first kappa shape index (κ1) is 10.2. The summed E-state index contributed by atoms with van der Waals surface area (Å²) in [4.78, 5) is 18.2. The Morgan fingerprint density at radius 2 is 2.25 bits per heavy atom. The molecule has 0 unspecified atom stereocenters. The van der Waals surface area contributed by atoms with E-state index >= 15 is 0 Å². The van der Waals surface area contributed by atoms with Gasteiger partial charge in [-0.2, -0.15) is 0 Å². The predicted octanol–water partition coefficient (Wildman–Crippen LogP) is 2.09. The van der Waals surface area contributed by atoms with Gasteiger partial charge in [0.25, 0.3) is 5.56 Å². The lowest BCUT2D eigenvalue weighted by Gasteiger charge is -2.01.